The van der Waals surface area contributed by atoms with Gasteiger partial charge >= 0.3 is 12.0 Å². The van der Waals surface area contributed by atoms with Crippen molar-refractivity contribution in [2.75, 3.05) is 38.3 Å². The second-order valence-corrected chi connectivity index (χ2v) is 6.01. The Hall–Kier alpha value is -0.950. The zero-order valence-electron chi connectivity index (χ0n) is 11.1. The fourth-order valence-electron chi connectivity index (χ4n) is 2.47. The number of amides is 2. The molecule has 2 fully saturated rings. The lowest BCUT2D eigenvalue weighted by Gasteiger charge is -2.39. The summed E-state index contributed by atoms with van der Waals surface area (Å²) in [5, 5.41) is 9.20. The summed E-state index contributed by atoms with van der Waals surface area (Å²) in [6, 6.07) is -0.710. The number of rotatable bonds is 2. The molecule has 2 heterocycles. The molecule has 1 unspecified atom stereocenters. The molecule has 1 atom stereocenters. The van der Waals surface area contributed by atoms with Crippen LogP contribution in [0.1, 0.15) is 12.8 Å². The summed E-state index contributed by atoms with van der Waals surface area (Å²) in [6.07, 6.45) is 1.64. The number of carbonyl (C=O) groups is 2. The van der Waals surface area contributed by atoms with Gasteiger partial charge in [0.2, 0.25) is 0 Å². The third-order valence-electron chi connectivity index (χ3n) is 3.70. The average molecular weight is 288 g/mol. The minimum absolute atomic E-state index is 0.158. The lowest BCUT2D eigenvalue weighted by molar-refractivity contribution is -0.141. The molecule has 0 aromatic rings. The summed E-state index contributed by atoms with van der Waals surface area (Å²) in [6.45, 7) is 1.84. The molecule has 1 N–H and O–H groups in total. The summed E-state index contributed by atoms with van der Waals surface area (Å²) < 4.78 is 5.29. The molecular formula is C12H20N2O4S. The highest BCUT2D eigenvalue weighted by Crippen LogP contribution is 2.21. The largest absolute Gasteiger partial charge is 0.480 e. The smallest absolute Gasteiger partial charge is 0.327 e. The van der Waals surface area contributed by atoms with Crippen LogP contribution in [0.4, 0.5) is 4.79 Å². The second kappa shape index (κ2) is 6.47. The van der Waals surface area contributed by atoms with Crippen molar-refractivity contribution < 1.29 is 19.4 Å². The van der Waals surface area contributed by atoms with Gasteiger partial charge in [-0.15, -0.1) is 0 Å². The fourth-order valence-corrected chi connectivity index (χ4v) is 3.51. The predicted octanol–water partition coefficient (Wildman–Crippen LogP) is 0.719. The number of carbonyl (C=O) groups excluding carboxylic acids is 1. The van der Waals surface area contributed by atoms with E-state index in [0.717, 1.165) is 18.6 Å². The van der Waals surface area contributed by atoms with Gasteiger partial charge in [-0.2, -0.15) is 11.8 Å². The Balaban J connectivity index is 2.01. The summed E-state index contributed by atoms with van der Waals surface area (Å²) in [4.78, 5) is 26.9. The summed E-state index contributed by atoms with van der Waals surface area (Å²) in [7, 11) is 1.76. The van der Waals surface area contributed by atoms with Gasteiger partial charge in [0.1, 0.15) is 6.04 Å². The van der Waals surface area contributed by atoms with Gasteiger partial charge in [-0.05, 0) is 12.8 Å². The third kappa shape index (κ3) is 3.33. The van der Waals surface area contributed by atoms with E-state index >= 15 is 0 Å². The van der Waals surface area contributed by atoms with Gasteiger partial charge in [0.15, 0.2) is 0 Å². The van der Waals surface area contributed by atoms with Crippen LogP contribution in [-0.4, -0.2) is 77.3 Å². The number of urea groups is 1. The molecule has 2 rings (SSSR count). The molecule has 0 aromatic heterocycles. The molecule has 7 heteroatoms. The van der Waals surface area contributed by atoms with E-state index in [1.807, 2.05) is 0 Å². The highest BCUT2D eigenvalue weighted by atomic mass is 32.2. The zero-order chi connectivity index (χ0) is 13.8. The number of thioether (sulfide) groups is 1. The molecule has 2 amide bonds. The monoisotopic (exact) mass is 288 g/mol. The molecule has 2 aliphatic heterocycles. The first-order chi connectivity index (χ1) is 9.11. The van der Waals surface area contributed by atoms with Gasteiger partial charge in [0.05, 0.1) is 0 Å². The van der Waals surface area contributed by atoms with E-state index in [-0.39, 0.29) is 12.1 Å². The molecule has 0 radical (unpaired) electrons. The molecule has 0 aromatic carbocycles. The Labute approximate surface area is 117 Å². The minimum Gasteiger partial charge on any atom is -0.480 e. The Bertz CT molecular complexity index is 347. The maximum atomic E-state index is 12.5. The quantitative estimate of drug-likeness (QED) is 0.811. The molecule has 0 aliphatic carbocycles. The van der Waals surface area contributed by atoms with Crippen LogP contribution in [0.5, 0.6) is 0 Å². The van der Waals surface area contributed by atoms with Crippen molar-refractivity contribution in [3.05, 3.63) is 0 Å². The first-order valence-electron chi connectivity index (χ1n) is 6.53. The van der Waals surface area contributed by atoms with Crippen molar-refractivity contribution in [1.82, 2.24) is 9.80 Å². The van der Waals surface area contributed by atoms with Crippen molar-refractivity contribution >= 4 is 23.8 Å². The van der Waals surface area contributed by atoms with Crippen LogP contribution in [0.3, 0.4) is 0 Å². The van der Waals surface area contributed by atoms with Crippen LogP contribution in [0.2, 0.25) is 0 Å². The number of aliphatic carboxylic acids is 1. The van der Waals surface area contributed by atoms with Gasteiger partial charge in [-0.3, -0.25) is 0 Å². The van der Waals surface area contributed by atoms with Gasteiger partial charge < -0.3 is 19.6 Å². The van der Waals surface area contributed by atoms with Gasteiger partial charge in [-0.25, -0.2) is 9.59 Å². The van der Waals surface area contributed by atoms with E-state index < -0.39 is 12.0 Å². The molecule has 6 nitrogen and oxygen atoms in total. The Kier molecular flexibility index (Phi) is 4.93. The van der Waals surface area contributed by atoms with Crippen molar-refractivity contribution in [1.29, 1.82) is 0 Å². The highest BCUT2D eigenvalue weighted by molar-refractivity contribution is 7.99. The molecule has 0 bridgehead atoms. The molecule has 2 aliphatic rings. The number of hydrogen-bond donors (Lipinski definition) is 1. The maximum absolute atomic E-state index is 12.5. The summed E-state index contributed by atoms with van der Waals surface area (Å²) in [5.74, 6) is 0.362. The van der Waals surface area contributed by atoms with Crippen LogP contribution in [0, 0.1) is 0 Å². The predicted molar refractivity (Wildman–Crippen MR) is 72.5 cm³/mol. The van der Waals surface area contributed by atoms with Crippen LogP contribution in [0.25, 0.3) is 0 Å². The number of hydrogen-bond acceptors (Lipinski definition) is 4. The normalized spacial score (nSPS) is 25.1. The zero-order valence-corrected chi connectivity index (χ0v) is 11.9. The lowest BCUT2D eigenvalue weighted by Crippen LogP contribution is -2.56. The number of carboxylic acids is 1. The molecular weight excluding hydrogens is 268 g/mol. The van der Waals surface area contributed by atoms with Crippen molar-refractivity contribution in [2.24, 2.45) is 0 Å². The second-order valence-electron chi connectivity index (χ2n) is 4.86. The molecule has 0 spiro atoms. The van der Waals surface area contributed by atoms with Gasteiger partial charge in [0, 0.05) is 44.4 Å². The van der Waals surface area contributed by atoms with E-state index in [1.165, 1.54) is 4.90 Å². The van der Waals surface area contributed by atoms with E-state index in [9.17, 15) is 14.7 Å². The van der Waals surface area contributed by atoms with Gasteiger partial charge in [0.25, 0.3) is 0 Å². The number of nitrogens with zero attached hydrogens (tertiary/aromatic N) is 2. The summed E-state index contributed by atoms with van der Waals surface area (Å²) >= 11 is 1.59. The van der Waals surface area contributed by atoms with Crippen molar-refractivity contribution in [3.63, 3.8) is 0 Å². The molecule has 0 saturated carbocycles. The number of carboxylic acid groups (broad SMARTS) is 1. The summed E-state index contributed by atoms with van der Waals surface area (Å²) in [5.41, 5.74) is 0. The fraction of sp³-hybridized carbons (Fsp3) is 0.833. The van der Waals surface area contributed by atoms with Crippen LogP contribution >= 0.6 is 11.8 Å². The van der Waals surface area contributed by atoms with Crippen LogP contribution < -0.4 is 0 Å². The lowest BCUT2D eigenvalue weighted by atomic mass is 10.1. The Morgan fingerprint density at radius 2 is 2.05 bits per heavy atom. The van der Waals surface area contributed by atoms with E-state index in [4.69, 9.17) is 4.74 Å². The first kappa shape index (κ1) is 14.5. The standard InChI is InChI=1S/C12H20N2O4S/c1-13(9-2-5-18-6-3-9)12(17)14-4-7-19-8-10(14)11(15)16/h9-10H,2-8H2,1H3,(H,15,16). The van der Waals surface area contributed by atoms with Crippen molar-refractivity contribution in [3.8, 4) is 0 Å². The van der Waals surface area contributed by atoms with E-state index in [2.05, 4.69) is 0 Å². The third-order valence-corrected chi connectivity index (χ3v) is 4.72. The van der Waals surface area contributed by atoms with E-state index in [0.29, 0.717) is 25.5 Å². The van der Waals surface area contributed by atoms with Crippen LogP contribution in [0.15, 0.2) is 0 Å². The van der Waals surface area contributed by atoms with Crippen LogP contribution in [-0.2, 0) is 9.53 Å². The molecule has 19 heavy (non-hydrogen) atoms. The highest BCUT2D eigenvalue weighted by Gasteiger charge is 2.35. The van der Waals surface area contributed by atoms with Crippen molar-refractivity contribution in [2.45, 2.75) is 24.9 Å². The SMILES string of the molecule is CN(C(=O)N1CCSCC1C(=O)O)C1CCOCC1. The molecule has 2 saturated heterocycles. The molecule has 108 valence electrons. The van der Waals surface area contributed by atoms with Gasteiger partial charge in [-0.1, -0.05) is 0 Å². The number of ether oxygens (including phenoxy) is 1. The Morgan fingerprint density at radius 3 is 2.68 bits per heavy atom. The topological polar surface area (TPSA) is 70.1 Å². The average Bonchev–Trinajstić information content (AvgIpc) is 2.46. The Morgan fingerprint density at radius 1 is 1.37 bits per heavy atom. The van der Waals surface area contributed by atoms with E-state index in [1.54, 1.807) is 23.7 Å². The minimum atomic E-state index is -0.916. The maximum Gasteiger partial charge on any atom is 0.327 e. The first-order valence-corrected chi connectivity index (χ1v) is 7.68.